The maximum atomic E-state index is 4.66. The van der Waals surface area contributed by atoms with Gasteiger partial charge in [0.25, 0.3) is 0 Å². The molecule has 21 heavy (non-hydrogen) atoms. The van der Waals surface area contributed by atoms with Crippen molar-refractivity contribution in [3.05, 3.63) is 47.8 Å². The number of imidazole rings is 1. The van der Waals surface area contributed by atoms with Crippen molar-refractivity contribution in [2.24, 2.45) is 0 Å². The van der Waals surface area contributed by atoms with Gasteiger partial charge in [0.05, 0.1) is 11.6 Å². The van der Waals surface area contributed by atoms with Gasteiger partial charge < -0.3 is 15.2 Å². The van der Waals surface area contributed by atoms with Gasteiger partial charge in [0, 0.05) is 26.2 Å². The summed E-state index contributed by atoms with van der Waals surface area (Å²) in [5.74, 6) is 1.87. The van der Waals surface area contributed by atoms with Crippen LogP contribution in [-0.2, 0) is 6.42 Å². The van der Waals surface area contributed by atoms with Crippen LogP contribution in [0, 0.1) is 0 Å². The average Bonchev–Trinajstić information content (AvgIpc) is 3.09. The van der Waals surface area contributed by atoms with Gasteiger partial charge in [-0.25, -0.2) is 9.97 Å². The molecule has 5 nitrogen and oxygen atoms in total. The number of rotatable bonds is 2. The predicted octanol–water partition coefficient (Wildman–Crippen LogP) is 2.73. The fourth-order valence-corrected chi connectivity index (χ4v) is 2.78. The summed E-state index contributed by atoms with van der Waals surface area (Å²) < 4.78 is 0. The summed E-state index contributed by atoms with van der Waals surface area (Å²) in [6.07, 6.45) is 0.955. The number of fused-ring (bicyclic) bond motifs is 2. The highest BCUT2D eigenvalue weighted by Gasteiger charge is 2.24. The van der Waals surface area contributed by atoms with Crippen LogP contribution in [-0.4, -0.2) is 29.0 Å². The largest absolute Gasteiger partial charge is 0.375 e. The van der Waals surface area contributed by atoms with E-state index in [0.717, 1.165) is 29.2 Å². The Kier molecular flexibility index (Phi) is 2.60. The van der Waals surface area contributed by atoms with Crippen molar-refractivity contribution in [1.29, 1.82) is 0 Å². The van der Waals surface area contributed by atoms with Crippen molar-refractivity contribution in [2.75, 3.05) is 24.3 Å². The number of aromatic nitrogens is 3. The van der Waals surface area contributed by atoms with E-state index in [1.54, 1.807) is 0 Å². The molecular formula is C16H17N5. The van der Waals surface area contributed by atoms with Gasteiger partial charge in [0.15, 0.2) is 5.65 Å². The molecule has 3 aromatic rings. The Labute approximate surface area is 123 Å². The molecule has 2 aromatic heterocycles. The molecule has 0 radical (unpaired) electrons. The van der Waals surface area contributed by atoms with E-state index in [2.05, 4.69) is 44.5 Å². The first-order chi connectivity index (χ1) is 10.2. The van der Waals surface area contributed by atoms with Gasteiger partial charge >= 0.3 is 0 Å². The van der Waals surface area contributed by atoms with E-state index in [1.165, 1.54) is 11.3 Å². The van der Waals surface area contributed by atoms with E-state index in [9.17, 15) is 0 Å². The molecule has 0 amide bonds. The van der Waals surface area contributed by atoms with E-state index >= 15 is 0 Å². The van der Waals surface area contributed by atoms with Crippen LogP contribution >= 0.6 is 0 Å². The number of anilines is 2. The zero-order valence-corrected chi connectivity index (χ0v) is 12.1. The van der Waals surface area contributed by atoms with E-state index < -0.39 is 0 Å². The van der Waals surface area contributed by atoms with Gasteiger partial charge in [-0.2, -0.15) is 0 Å². The Morgan fingerprint density at radius 2 is 1.95 bits per heavy atom. The highest BCUT2D eigenvalue weighted by Crippen LogP contribution is 2.33. The lowest BCUT2D eigenvalue weighted by atomic mass is 10.1. The van der Waals surface area contributed by atoms with E-state index in [0.29, 0.717) is 0 Å². The predicted molar refractivity (Wildman–Crippen MR) is 84.7 cm³/mol. The minimum Gasteiger partial charge on any atom is -0.375 e. The van der Waals surface area contributed by atoms with Crippen molar-refractivity contribution in [1.82, 2.24) is 15.0 Å². The summed E-state index contributed by atoms with van der Waals surface area (Å²) in [6.45, 7) is 0. The normalized spacial score (nSPS) is 16.8. The second kappa shape index (κ2) is 4.48. The third-order valence-electron chi connectivity index (χ3n) is 3.91. The lowest BCUT2D eigenvalue weighted by molar-refractivity contribution is 0.767. The molecule has 4 rings (SSSR count). The Morgan fingerprint density at radius 1 is 1.10 bits per heavy atom. The average molecular weight is 279 g/mol. The Morgan fingerprint density at radius 3 is 2.76 bits per heavy atom. The maximum Gasteiger partial charge on any atom is 0.179 e. The first kappa shape index (κ1) is 12.2. The number of para-hydroxylation sites is 1. The van der Waals surface area contributed by atoms with Crippen LogP contribution in [0.25, 0.3) is 11.2 Å². The van der Waals surface area contributed by atoms with Crippen LogP contribution in [0.4, 0.5) is 11.5 Å². The molecule has 0 aliphatic carbocycles. The Bertz CT molecular complexity index is 780. The van der Waals surface area contributed by atoms with E-state index in [4.69, 9.17) is 0 Å². The molecule has 1 atom stereocenters. The second-order valence-corrected chi connectivity index (χ2v) is 5.62. The monoisotopic (exact) mass is 279 g/mol. The maximum absolute atomic E-state index is 4.66. The molecule has 0 saturated carbocycles. The number of nitrogens with one attached hydrogen (secondary N) is 2. The summed E-state index contributed by atoms with van der Waals surface area (Å²) in [5, 5.41) is 3.52. The summed E-state index contributed by atoms with van der Waals surface area (Å²) in [7, 11) is 3.97. The van der Waals surface area contributed by atoms with Crippen LogP contribution < -0.4 is 10.2 Å². The molecule has 1 aliphatic heterocycles. The van der Waals surface area contributed by atoms with Gasteiger partial charge in [-0.05, 0) is 23.8 Å². The third-order valence-corrected chi connectivity index (χ3v) is 3.91. The fraction of sp³-hybridized carbons (Fsp3) is 0.250. The molecule has 1 unspecified atom stereocenters. The highest BCUT2D eigenvalue weighted by molar-refractivity contribution is 5.73. The minimum atomic E-state index is 0.194. The molecule has 0 fully saturated rings. The van der Waals surface area contributed by atoms with Crippen molar-refractivity contribution < 1.29 is 0 Å². The number of hydrogen-bond acceptors (Lipinski definition) is 4. The molecule has 0 bridgehead atoms. The van der Waals surface area contributed by atoms with Gasteiger partial charge in [-0.15, -0.1) is 0 Å². The topological polar surface area (TPSA) is 56.8 Å². The van der Waals surface area contributed by atoms with E-state index in [-0.39, 0.29) is 6.04 Å². The summed E-state index contributed by atoms with van der Waals surface area (Å²) in [4.78, 5) is 14.6. The molecule has 1 aromatic carbocycles. The number of H-pyrrole nitrogens is 1. The molecule has 0 saturated heterocycles. The van der Waals surface area contributed by atoms with Crippen molar-refractivity contribution in [2.45, 2.75) is 12.5 Å². The lowest BCUT2D eigenvalue weighted by Crippen LogP contribution is -2.10. The summed E-state index contributed by atoms with van der Waals surface area (Å²) >= 11 is 0. The van der Waals surface area contributed by atoms with Crippen molar-refractivity contribution in [3.63, 3.8) is 0 Å². The summed E-state index contributed by atoms with van der Waals surface area (Å²) in [5.41, 5.74) is 4.29. The van der Waals surface area contributed by atoms with Crippen LogP contribution in [0.5, 0.6) is 0 Å². The minimum absolute atomic E-state index is 0.194. The molecule has 106 valence electrons. The lowest BCUT2D eigenvalue weighted by Gasteiger charge is -2.09. The van der Waals surface area contributed by atoms with Gasteiger partial charge in [-0.3, -0.25) is 0 Å². The first-order valence-electron chi connectivity index (χ1n) is 7.09. The zero-order chi connectivity index (χ0) is 14.4. The quantitative estimate of drug-likeness (QED) is 0.757. The van der Waals surface area contributed by atoms with Crippen molar-refractivity contribution in [3.8, 4) is 0 Å². The summed E-state index contributed by atoms with van der Waals surface area (Å²) in [6, 6.07) is 12.6. The van der Waals surface area contributed by atoms with Gasteiger partial charge in [-0.1, -0.05) is 18.2 Å². The van der Waals surface area contributed by atoms with Gasteiger partial charge in [0.1, 0.15) is 11.6 Å². The Hall–Kier alpha value is -2.56. The molecule has 5 heteroatoms. The molecule has 0 spiro atoms. The second-order valence-electron chi connectivity index (χ2n) is 5.62. The molecule has 3 heterocycles. The number of benzene rings is 1. The van der Waals surface area contributed by atoms with Crippen LogP contribution in [0.2, 0.25) is 0 Å². The number of aromatic amines is 1. The SMILES string of the molecule is CN(C)c1ccc2[nH]c(C3Cc4ccccc4N3)nc2n1. The highest BCUT2D eigenvalue weighted by atomic mass is 15.2. The van der Waals surface area contributed by atoms with Crippen LogP contribution in [0.15, 0.2) is 36.4 Å². The number of hydrogen-bond donors (Lipinski definition) is 2. The van der Waals surface area contributed by atoms with Crippen LogP contribution in [0.1, 0.15) is 17.4 Å². The molecule has 1 aliphatic rings. The van der Waals surface area contributed by atoms with Crippen molar-refractivity contribution >= 4 is 22.7 Å². The van der Waals surface area contributed by atoms with Crippen LogP contribution in [0.3, 0.4) is 0 Å². The first-order valence-corrected chi connectivity index (χ1v) is 7.09. The van der Waals surface area contributed by atoms with E-state index in [1.807, 2.05) is 31.1 Å². The smallest absolute Gasteiger partial charge is 0.179 e. The zero-order valence-electron chi connectivity index (χ0n) is 12.1. The number of nitrogens with zero attached hydrogens (tertiary/aromatic N) is 3. The Balaban J connectivity index is 1.69. The fourth-order valence-electron chi connectivity index (χ4n) is 2.78. The standard InChI is InChI=1S/C16H17N5/c1-21(2)14-8-7-12-15(19-14)20-16(18-12)13-9-10-5-3-4-6-11(10)17-13/h3-8,13,17H,9H2,1-2H3,(H,18,19,20). The molecule has 2 N–H and O–H groups in total. The number of pyridine rings is 1. The third kappa shape index (κ3) is 2.01. The molecular weight excluding hydrogens is 262 g/mol. The van der Waals surface area contributed by atoms with Gasteiger partial charge in [0.2, 0.25) is 0 Å².